The van der Waals surface area contributed by atoms with Gasteiger partial charge < -0.3 is 0 Å². The van der Waals surface area contributed by atoms with E-state index < -0.39 is 0 Å². The molecule has 0 aliphatic carbocycles. The van der Waals surface area contributed by atoms with Gasteiger partial charge in [0.25, 0.3) is 0 Å². The van der Waals surface area contributed by atoms with Crippen LogP contribution in [0.4, 0.5) is 0 Å². The van der Waals surface area contributed by atoms with Crippen molar-refractivity contribution in [1.29, 1.82) is 0 Å². The molecule has 1 atom stereocenters. The van der Waals surface area contributed by atoms with Gasteiger partial charge in [0.1, 0.15) is 0 Å². The van der Waals surface area contributed by atoms with Gasteiger partial charge >= 0.3 is 0 Å². The summed E-state index contributed by atoms with van der Waals surface area (Å²) in [7, 11) is 0. The smallest absolute Gasteiger partial charge is 0.165 e. The Morgan fingerprint density at radius 3 is 2.50 bits per heavy atom. The third-order valence-electron chi connectivity index (χ3n) is 2.50. The third kappa shape index (κ3) is 2.99. The summed E-state index contributed by atoms with van der Waals surface area (Å²) in [5.74, 6) is 0.441. The van der Waals surface area contributed by atoms with Crippen molar-refractivity contribution in [2.24, 2.45) is 5.92 Å². The van der Waals surface area contributed by atoms with Crippen molar-refractivity contribution in [1.82, 2.24) is 0 Å². The van der Waals surface area contributed by atoms with Crippen molar-refractivity contribution in [3.63, 3.8) is 0 Å². The summed E-state index contributed by atoms with van der Waals surface area (Å²) in [5.41, 5.74) is 0.844. The number of rotatable bonds is 5. The highest BCUT2D eigenvalue weighted by Crippen LogP contribution is 2.14. The number of unbranched alkanes of at least 4 members (excludes halogenated alkanes) is 1. The molecule has 0 fully saturated rings. The Bertz CT molecular complexity index is 277. The second-order valence-electron chi connectivity index (χ2n) is 3.77. The molecule has 0 aromatic heterocycles. The Kier molecular flexibility index (Phi) is 4.37. The van der Waals surface area contributed by atoms with Crippen LogP contribution in [0.15, 0.2) is 30.3 Å². The van der Waals surface area contributed by atoms with Gasteiger partial charge in [0.2, 0.25) is 0 Å². The fourth-order valence-corrected chi connectivity index (χ4v) is 1.53. The van der Waals surface area contributed by atoms with E-state index in [9.17, 15) is 4.79 Å². The number of hydrogen-bond donors (Lipinski definition) is 0. The van der Waals surface area contributed by atoms with Crippen LogP contribution in [0.3, 0.4) is 0 Å². The van der Waals surface area contributed by atoms with Gasteiger partial charge in [-0.05, 0) is 6.42 Å². The maximum absolute atomic E-state index is 11.9. The molecule has 76 valence electrons. The van der Waals surface area contributed by atoms with Gasteiger partial charge in [-0.1, -0.05) is 57.0 Å². The van der Waals surface area contributed by atoms with Crippen LogP contribution in [-0.4, -0.2) is 5.78 Å². The number of hydrogen-bond acceptors (Lipinski definition) is 1. The van der Waals surface area contributed by atoms with Gasteiger partial charge in [-0.15, -0.1) is 0 Å². The predicted molar refractivity (Wildman–Crippen MR) is 59.5 cm³/mol. The molecule has 1 nitrogen and oxygen atoms in total. The largest absolute Gasteiger partial charge is 0.294 e. The summed E-state index contributed by atoms with van der Waals surface area (Å²) in [4.78, 5) is 11.9. The highest BCUT2D eigenvalue weighted by molar-refractivity contribution is 5.97. The Balaban J connectivity index is 2.57. The maximum atomic E-state index is 11.9. The van der Waals surface area contributed by atoms with E-state index in [4.69, 9.17) is 0 Å². The molecule has 1 aromatic carbocycles. The fraction of sp³-hybridized carbons (Fsp3) is 0.462. The highest BCUT2D eigenvalue weighted by Gasteiger charge is 2.13. The van der Waals surface area contributed by atoms with Crippen molar-refractivity contribution in [2.45, 2.75) is 33.1 Å². The monoisotopic (exact) mass is 190 g/mol. The lowest BCUT2D eigenvalue weighted by Gasteiger charge is -2.09. The summed E-state index contributed by atoms with van der Waals surface area (Å²) >= 11 is 0. The normalized spacial score (nSPS) is 12.4. The summed E-state index contributed by atoms with van der Waals surface area (Å²) in [6.45, 7) is 4.17. The van der Waals surface area contributed by atoms with Gasteiger partial charge in [-0.25, -0.2) is 0 Å². The van der Waals surface area contributed by atoms with Gasteiger partial charge in [0, 0.05) is 11.5 Å². The van der Waals surface area contributed by atoms with E-state index in [0.29, 0.717) is 0 Å². The summed E-state index contributed by atoms with van der Waals surface area (Å²) in [6, 6.07) is 9.56. The van der Waals surface area contributed by atoms with E-state index in [1.165, 1.54) is 0 Å². The topological polar surface area (TPSA) is 17.1 Å². The molecule has 0 radical (unpaired) electrons. The second-order valence-corrected chi connectivity index (χ2v) is 3.77. The summed E-state index contributed by atoms with van der Waals surface area (Å²) < 4.78 is 0. The molecule has 0 amide bonds. The van der Waals surface area contributed by atoms with Crippen LogP contribution in [-0.2, 0) is 0 Å². The third-order valence-corrected chi connectivity index (χ3v) is 2.50. The molecule has 0 heterocycles. The molecule has 0 aliphatic heterocycles. The first-order chi connectivity index (χ1) is 6.75. The summed E-state index contributed by atoms with van der Waals surface area (Å²) in [6.07, 6.45) is 3.30. The van der Waals surface area contributed by atoms with Gasteiger partial charge in [0.05, 0.1) is 0 Å². The number of Topliss-reactive ketones (excluding diaryl/α,β-unsaturated/α-hetero) is 1. The Labute approximate surface area is 86.1 Å². The Morgan fingerprint density at radius 1 is 1.29 bits per heavy atom. The van der Waals surface area contributed by atoms with E-state index in [-0.39, 0.29) is 11.7 Å². The zero-order chi connectivity index (χ0) is 10.4. The second kappa shape index (κ2) is 5.58. The van der Waals surface area contributed by atoms with Crippen molar-refractivity contribution in [2.75, 3.05) is 0 Å². The standard InChI is InChI=1S/C13H18O/c1-3-4-8-11(2)13(14)12-9-6-5-7-10-12/h5-7,9-11H,3-4,8H2,1-2H3/t11-/m0/s1. The Hall–Kier alpha value is -1.11. The Morgan fingerprint density at radius 2 is 1.93 bits per heavy atom. The first-order valence-electron chi connectivity index (χ1n) is 5.35. The minimum Gasteiger partial charge on any atom is -0.294 e. The van der Waals surface area contributed by atoms with Crippen LogP contribution >= 0.6 is 0 Å². The van der Waals surface area contributed by atoms with Crippen LogP contribution in [0.5, 0.6) is 0 Å². The van der Waals surface area contributed by atoms with E-state index >= 15 is 0 Å². The quantitative estimate of drug-likeness (QED) is 0.647. The van der Waals surface area contributed by atoms with Crippen LogP contribution in [0.25, 0.3) is 0 Å². The minimum atomic E-state index is 0.164. The summed E-state index contributed by atoms with van der Waals surface area (Å²) in [5, 5.41) is 0. The van der Waals surface area contributed by atoms with Gasteiger partial charge in [0.15, 0.2) is 5.78 Å². The predicted octanol–water partition coefficient (Wildman–Crippen LogP) is 3.70. The van der Waals surface area contributed by atoms with Crippen molar-refractivity contribution >= 4 is 5.78 Å². The molecule has 14 heavy (non-hydrogen) atoms. The van der Waals surface area contributed by atoms with Gasteiger partial charge in [-0.3, -0.25) is 4.79 Å². The van der Waals surface area contributed by atoms with Crippen molar-refractivity contribution < 1.29 is 4.79 Å². The average molecular weight is 190 g/mol. The first kappa shape index (κ1) is 11.0. The average Bonchev–Trinajstić information content (AvgIpc) is 2.26. The zero-order valence-corrected chi connectivity index (χ0v) is 8.99. The van der Waals surface area contributed by atoms with Gasteiger partial charge in [-0.2, -0.15) is 0 Å². The van der Waals surface area contributed by atoms with Crippen LogP contribution in [0.2, 0.25) is 0 Å². The number of carbonyl (C=O) groups is 1. The van der Waals surface area contributed by atoms with E-state index in [0.717, 1.165) is 24.8 Å². The molecule has 0 saturated heterocycles. The van der Waals surface area contributed by atoms with E-state index in [1.54, 1.807) is 0 Å². The van der Waals surface area contributed by atoms with Crippen LogP contribution < -0.4 is 0 Å². The molecular formula is C13H18O. The molecule has 0 N–H and O–H groups in total. The number of benzene rings is 1. The highest BCUT2D eigenvalue weighted by atomic mass is 16.1. The molecule has 1 rings (SSSR count). The molecule has 1 aromatic rings. The maximum Gasteiger partial charge on any atom is 0.165 e. The number of carbonyl (C=O) groups excluding carboxylic acids is 1. The molecule has 0 spiro atoms. The molecule has 0 bridgehead atoms. The van der Waals surface area contributed by atoms with Crippen LogP contribution in [0, 0.1) is 5.92 Å². The molecular weight excluding hydrogens is 172 g/mol. The number of ketones is 1. The lowest BCUT2D eigenvalue weighted by atomic mass is 9.95. The molecule has 0 unspecified atom stereocenters. The lowest BCUT2D eigenvalue weighted by molar-refractivity contribution is 0.0922. The van der Waals surface area contributed by atoms with Crippen molar-refractivity contribution in [3.05, 3.63) is 35.9 Å². The van der Waals surface area contributed by atoms with Crippen LogP contribution in [0.1, 0.15) is 43.5 Å². The van der Waals surface area contributed by atoms with E-state index in [2.05, 4.69) is 6.92 Å². The van der Waals surface area contributed by atoms with Crippen molar-refractivity contribution in [3.8, 4) is 0 Å². The SMILES string of the molecule is CCCC[C@H](C)C(=O)c1ccccc1. The minimum absolute atomic E-state index is 0.164. The lowest BCUT2D eigenvalue weighted by Crippen LogP contribution is -2.10. The molecule has 0 aliphatic rings. The molecule has 0 saturated carbocycles. The molecule has 1 heteroatoms. The van der Waals surface area contributed by atoms with E-state index in [1.807, 2.05) is 37.3 Å². The fourth-order valence-electron chi connectivity index (χ4n) is 1.53. The first-order valence-corrected chi connectivity index (χ1v) is 5.35. The zero-order valence-electron chi connectivity index (χ0n) is 8.99.